The van der Waals surface area contributed by atoms with Gasteiger partial charge in [0.2, 0.25) is 10.0 Å². The number of hydrogen-bond acceptors (Lipinski definition) is 3. The molecule has 0 aliphatic heterocycles. The lowest BCUT2D eigenvalue weighted by molar-refractivity contribution is 0.382. The fraction of sp³-hybridized carbons (Fsp3) is 0.385. The van der Waals surface area contributed by atoms with Crippen molar-refractivity contribution in [3.63, 3.8) is 0 Å². The van der Waals surface area contributed by atoms with E-state index >= 15 is 0 Å². The highest BCUT2D eigenvalue weighted by atomic mass is 32.2. The van der Waals surface area contributed by atoms with Crippen molar-refractivity contribution in [1.82, 2.24) is 4.31 Å². The summed E-state index contributed by atoms with van der Waals surface area (Å²) < 4.78 is 26.0. The van der Waals surface area contributed by atoms with Crippen LogP contribution in [0.5, 0.6) is 0 Å². The summed E-state index contributed by atoms with van der Waals surface area (Å²) in [5.41, 5.74) is 6.94. The Balaban J connectivity index is 2.92. The SMILES string of the molecule is C=CCN(C(C)C)S(=O)(=O)Cc1ccc(N)cc1. The molecule has 0 amide bonds. The average Bonchev–Trinajstić information content (AvgIpc) is 2.28. The van der Waals surface area contributed by atoms with E-state index in [1.165, 1.54) is 4.31 Å². The second-order valence-electron chi connectivity index (χ2n) is 4.45. The molecule has 0 atom stereocenters. The third-order valence-electron chi connectivity index (χ3n) is 2.57. The molecule has 0 heterocycles. The van der Waals surface area contributed by atoms with E-state index in [1.54, 1.807) is 30.3 Å². The van der Waals surface area contributed by atoms with Gasteiger partial charge in [0.1, 0.15) is 0 Å². The van der Waals surface area contributed by atoms with E-state index in [9.17, 15) is 8.42 Å². The molecule has 0 saturated heterocycles. The fourth-order valence-electron chi connectivity index (χ4n) is 1.68. The first-order valence-corrected chi connectivity index (χ1v) is 7.42. The van der Waals surface area contributed by atoms with Crippen molar-refractivity contribution in [1.29, 1.82) is 0 Å². The van der Waals surface area contributed by atoms with Gasteiger partial charge in [0.15, 0.2) is 0 Å². The molecule has 0 saturated carbocycles. The van der Waals surface area contributed by atoms with E-state index in [4.69, 9.17) is 5.73 Å². The summed E-state index contributed by atoms with van der Waals surface area (Å²) in [5, 5.41) is 0. The Labute approximate surface area is 109 Å². The zero-order valence-electron chi connectivity index (χ0n) is 10.8. The van der Waals surface area contributed by atoms with Crippen LogP contribution in [-0.2, 0) is 15.8 Å². The lowest BCUT2D eigenvalue weighted by Crippen LogP contribution is -2.37. The van der Waals surface area contributed by atoms with Crippen molar-refractivity contribution in [2.45, 2.75) is 25.6 Å². The minimum Gasteiger partial charge on any atom is -0.399 e. The van der Waals surface area contributed by atoms with Gasteiger partial charge in [0.05, 0.1) is 5.75 Å². The molecule has 100 valence electrons. The van der Waals surface area contributed by atoms with E-state index < -0.39 is 10.0 Å². The highest BCUT2D eigenvalue weighted by molar-refractivity contribution is 7.88. The Morgan fingerprint density at radius 3 is 2.33 bits per heavy atom. The molecule has 18 heavy (non-hydrogen) atoms. The van der Waals surface area contributed by atoms with Gasteiger partial charge in [-0.2, -0.15) is 4.31 Å². The molecule has 5 heteroatoms. The highest BCUT2D eigenvalue weighted by Gasteiger charge is 2.23. The quantitative estimate of drug-likeness (QED) is 0.634. The normalized spacial score (nSPS) is 12.0. The molecule has 0 radical (unpaired) electrons. The van der Waals surface area contributed by atoms with E-state index in [1.807, 2.05) is 13.8 Å². The van der Waals surface area contributed by atoms with Crippen molar-refractivity contribution in [2.24, 2.45) is 0 Å². The Kier molecular flexibility index (Phi) is 4.93. The minimum atomic E-state index is -3.33. The number of benzene rings is 1. The van der Waals surface area contributed by atoms with E-state index in [-0.39, 0.29) is 11.8 Å². The van der Waals surface area contributed by atoms with Gasteiger partial charge >= 0.3 is 0 Å². The number of nitrogens with zero attached hydrogens (tertiary/aromatic N) is 1. The molecule has 0 aromatic heterocycles. The van der Waals surface area contributed by atoms with Crippen molar-refractivity contribution in [3.05, 3.63) is 42.5 Å². The standard InChI is InChI=1S/C13H20N2O2S/c1-4-9-15(11(2)3)18(16,17)10-12-5-7-13(14)8-6-12/h4-8,11H,1,9-10,14H2,2-3H3. The number of nitrogens with two attached hydrogens (primary N) is 1. The van der Waals surface area contributed by atoms with Gasteiger partial charge in [-0.3, -0.25) is 0 Å². The summed E-state index contributed by atoms with van der Waals surface area (Å²) in [7, 11) is -3.33. The smallest absolute Gasteiger partial charge is 0.218 e. The Morgan fingerprint density at radius 1 is 1.33 bits per heavy atom. The van der Waals surface area contributed by atoms with Crippen LogP contribution in [0.1, 0.15) is 19.4 Å². The van der Waals surface area contributed by atoms with Crippen molar-refractivity contribution in [3.8, 4) is 0 Å². The van der Waals surface area contributed by atoms with Crippen LogP contribution in [0.25, 0.3) is 0 Å². The van der Waals surface area contributed by atoms with Crippen LogP contribution < -0.4 is 5.73 Å². The maximum atomic E-state index is 12.3. The third-order valence-corrected chi connectivity index (χ3v) is 4.55. The van der Waals surface area contributed by atoms with Crippen molar-refractivity contribution < 1.29 is 8.42 Å². The number of anilines is 1. The van der Waals surface area contributed by atoms with Gasteiger partial charge in [-0.05, 0) is 31.5 Å². The Bertz CT molecular complexity index is 492. The second kappa shape index (κ2) is 6.02. The third kappa shape index (κ3) is 3.85. The Hall–Kier alpha value is -1.33. The van der Waals surface area contributed by atoms with Gasteiger partial charge in [-0.15, -0.1) is 6.58 Å². The van der Waals surface area contributed by atoms with Crippen LogP contribution in [0.3, 0.4) is 0 Å². The maximum absolute atomic E-state index is 12.3. The first-order chi connectivity index (χ1) is 8.36. The molecule has 1 aromatic carbocycles. The summed E-state index contributed by atoms with van der Waals surface area (Å²) in [6, 6.07) is 6.80. The molecule has 1 aromatic rings. The number of hydrogen-bond donors (Lipinski definition) is 1. The molecule has 0 bridgehead atoms. The zero-order chi connectivity index (χ0) is 13.8. The average molecular weight is 268 g/mol. The first-order valence-electron chi connectivity index (χ1n) is 5.81. The van der Waals surface area contributed by atoms with Crippen LogP contribution >= 0.6 is 0 Å². The molecular formula is C13H20N2O2S. The fourth-order valence-corrected chi connectivity index (χ4v) is 3.43. The van der Waals surface area contributed by atoms with Crippen LogP contribution in [0.4, 0.5) is 5.69 Å². The van der Waals surface area contributed by atoms with Crippen LogP contribution in [0.2, 0.25) is 0 Å². The van der Waals surface area contributed by atoms with Crippen LogP contribution in [0, 0.1) is 0 Å². The molecule has 0 spiro atoms. The monoisotopic (exact) mass is 268 g/mol. The van der Waals surface area contributed by atoms with Gasteiger partial charge in [-0.1, -0.05) is 18.2 Å². The number of rotatable bonds is 6. The summed E-state index contributed by atoms with van der Waals surface area (Å²) >= 11 is 0. The van der Waals surface area contributed by atoms with Crippen molar-refractivity contribution in [2.75, 3.05) is 12.3 Å². The molecule has 0 fully saturated rings. The lowest BCUT2D eigenvalue weighted by Gasteiger charge is -2.24. The van der Waals surface area contributed by atoms with Gasteiger partial charge < -0.3 is 5.73 Å². The molecule has 0 unspecified atom stereocenters. The maximum Gasteiger partial charge on any atom is 0.218 e. The van der Waals surface area contributed by atoms with Crippen molar-refractivity contribution >= 4 is 15.7 Å². The largest absolute Gasteiger partial charge is 0.399 e. The van der Waals surface area contributed by atoms with E-state index in [2.05, 4.69) is 6.58 Å². The van der Waals surface area contributed by atoms with E-state index in [0.717, 1.165) is 5.56 Å². The molecule has 4 nitrogen and oxygen atoms in total. The lowest BCUT2D eigenvalue weighted by atomic mass is 10.2. The van der Waals surface area contributed by atoms with Gasteiger partial charge in [0.25, 0.3) is 0 Å². The Morgan fingerprint density at radius 2 is 1.89 bits per heavy atom. The predicted octanol–water partition coefficient (Wildman–Crippen LogP) is 2.00. The molecule has 1 rings (SSSR count). The van der Waals surface area contributed by atoms with Crippen LogP contribution in [0.15, 0.2) is 36.9 Å². The molecule has 0 aliphatic rings. The van der Waals surface area contributed by atoms with E-state index in [0.29, 0.717) is 12.2 Å². The summed E-state index contributed by atoms with van der Waals surface area (Å²) in [5.74, 6) is -0.0146. The zero-order valence-corrected chi connectivity index (χ0v) is 11.7. The van der Waals surface area contributed by atoms with Crippen LogP contribution in [-0.4, -0.2) is 25.3 Å². The number of nitrogen functional groups attached to an aromatic ring is 1. The molecular weight excluding hydrogens is 248 g/mol. The topological polar surface area (TPSA) is 63.4 Å². The van der Waals surface area contributed by atoms with Gasteiger partial charge in [0, 0.05) is 18.3 Å². The first kappa shape index (κ1) is 14.7. The van der Waals surface area contributed by atoms with Gasteiger partial charge in [-0.25, -0.2) is 8.42 Å². The predicted molar refractivity (Wildman–Crippen MR) is 75.5 cm³/mol. The highest BCUT2D eigenvalue weighted by Crippen LogP contribution is 2.15. The molecule has 2 N–H and O–H groups in total. The summed E-state index contributed by atoms with van der Waals surface area (Å²) in [6.07, 6.45) is 1.60. The summed E-state index contributed by atoms with van der Waals surface area (Å²) in [4.78, 5) is 0. The summed E-state index contributed by atoms with van der Waals surface area (Å²) in [6.45, 7) is 7.62. The molecule has 0 aliphatic carbocycles. The number of sulfonamides is 1. The second-order valence-corrected chi connectivity index (χ2v) is 6.37. The minimum absolute atomic E-state index is 0.0146.